The zero-order valence-electron chi connectivity index (χ0n) is 10.7. The van der Waals surface area contributed by atoms with Crippen molar-refractivity contribution in [2.24, 2.45) is 0 Å². The maximum atomic E-state index is 12.6. The minimum Gasteiger partial charge on any atom is -0.314 e. The second kappa shape index (κ2) is 7.04. The van der Waals surface area contributed by atoms with Gasteiger partial charge in [0.1, 0.15) is 0 Å². The Kier molecular flexibility index (Phi) is 6.26. The molecule has 1 aromatic rings. The van der Waals surface area contributed by atoms with Crippen molar-refractivity contribution in [3.63, 3.8) is 0 Å². The highest BCUT2D eigenvalue weighted by molar-refractivity contribution is 9.10. The van der Waals surface area contributed by atoms with E-state index in [1.54, 1.807) is 16.4 Å². The van der Waals surface area contributed by atoms with Crippen molar-refractivity contribution in [1.29, 1.82) is 0 Å². The van der Waals surface area contributed by atoms with Crippen LogP contribution in [-0.4, -0.2) is 38.9 Å². The van der Waals surface area contributed by atoms with Crippen LogP contribution < -0.4 is 5.32 Å². The lowest BCUT2D eigenvalue weighted by molar-refractivity contribution is 0.360. The zero-order chi connectivity index (χ0) is 13.2. The molecular weight excluding hydrogens is 352 g/mol. The minimum atomic E-state index is -3.35. The first-order valence-corrected chi connectivity index (χ1v) is 8.28. The van der Waals surface area contributed by atoms with Crippen LogP contribution in [0.25, 0.3) is 0 Å². The van der Waals surface area contributed by atoms with Crippen LogP contribution in [-0.2, 0) is 16.4 Å². The van der Waals surface area contributed by atoms with Crippen molar-refractivity contribution in [2.75, 3.05) is 26.2 Å². The Morgan fingerprint density at radius 3 is 2.53 bits per heavy atom. The van der Waals surface area contributed by atoms with E-state index in [9.17, 15) is 8.42 Å². The topological polar surface area (TPSA) is 49.4 Å². The van der Waals surface area contributed by atoms with Gasteiger partial charge in [-0.1, -0.05) is 22.9 Å². The van der Waals surface area contributed by atoms with Gasteiger partial charge in [-0.15, -0.1) is 12.4 Å². The smallest absolute Gasteiger partial charge is 0.243 e. The van der Waals surface area contributed by atoms with Crippen molar-refractivity contribution >= 4 is 38.4 Å². The average molecular weight is 370 g/mol. The van der Waals surface area contributed by atoms with Crippen molar-refractivity contribution in [3.05, 3.63) is 28.2 Å². The summed E-state index contributed by atoms with van der Waals surface area (Å²) < 4.78 is 27.6. The lowest BCUT2D eigenvalue weighted by Gasteiger charge is -2.27. The number of halogens is 2. The molecule has 0 amide bonds. The van der Waals surface area contributed by atoms with Gasteiger partial charge in [0.2, 0.25) is 10.0 Å². The summed E-state index contributed by atoms with van der Waals surface area (Å²) in [4.78, 5) is 0.440. The van der Waals surface area contributed by atoms with Crippen LogP contribution >= 0.6 is 28.3 Å². The third kappa shape index (κ3) is 3.70. The molecule has 0 atom stereocenters. The SMILES string of the molecule is CCc1cc(Br)ccc1S(=O)(=O)N1CCNCC1.Cl. The van der Waals surface area contributed by atoms with Crippen molar-refractivity contribution in [2.45, 2.75) is 18.2 Å². The van der Waals surface area contributed by atoms with Crippen LogP contribution in [0.15, 0.2) is 27.6 Å². The fraction of sp³-hybridized carbons (Fsp3) is 0.500. The standard InChI is InChI=1S/C12H17BrN2O2S.ClH/c1-2-10-9-11(13)3-4-12(10)18(16,17)15-7-5-14-6-8-15;/h3-4,9,14H,2,5-8H2,1H3;1H. The molecule has 0 bridgehead atoms. The molecule has 19 heavy (non-hydrogen) atoms. The van der Waals surface area contributed by atoms with Gasteiger partial charge in [-0.3, -0.25) is 0 Å². The Bertz CT molecular complexity index is 531. The average Bonchev–Trinajstić information content (AvgIpc) is 2.39. The number of benzene rings is 1. The summed E-state index contributed by atoms with van der Waals surface area (Å²) in [7, 11) is -3.35. The molecule has 1 aliphatic heterocycles. The number of rotatable bonds is 3. The number of hydrogen-bond donors (Lipinski definition) is 1. The van der Waals surface area contributed by atoms with Gasteiger partial charge in [-0.05, 0) is 30.2 Å². The summed E-state index contributed by atoms with van der Waals surface area (Å²) in [6, 6.07) is 5.36. The molecule has 1 N–H and O–H groups in total. The molecule has 0 aliphatic carbocycles. The molecule has 1 fully saturated rings. The zero-order valence-corrected chi connectivity index (χ0v) is 13.9. The summed E-state index contributed by atoms with van der Waals surface area (Å²) in [5.74, 6) is 0. The second-order valence-electron chi connectivity index (χ2n) is 4.26. The van der Waals surface area contributed by atoms with E-state index in [1.165, 1.54) is 0 Å². The van der Waals surface area contributed by atoms with Gasteiger partial charge in [0.25, 0.3) is 0 Å². The molecule has 0 saturated carbocycles. The first-order valence-electron chi connectivity index (χ1n) is 6.05. The second-order valence-corrected chi connectivity index (χ2v) is 7.08. The van der Waals surface area contributed by atoms with Gasteiger partial charge in [-0.25, -0.2) is 8.42 Å². The van der Waals surface area contributed by atoms with Crippen molar-refractivity contribution in [1.82, 2.24) is 9.62 Å². The minimum absolute atomic E-state index is 0. The molecule has 2 rings (SSSR count). The molecule has 1 saturated heterocycles. The van der Waals surface area contributed by atoms with Gasteiger partial charge < -0.3 is 5.32 Å². The normalized spacial score (nSPS) is 16.9. The van der Waals surface area contributed by atoms with Crippen LogP contribution in [0.4, 0.5) is 0 Å². The molecule has 1 heterocycles. The van der Waals surface area contributed by atoms with E-state index in [4.69, 9.17) is 0 Å². The summed E-state index contributed by atoms with van der Waals surface area (Å²) in [6.07, 6.45) is 0.708. The van der Waals surface area contributed by atoms with E-state index in [1.807, 2.05) is 13.0 Å². The maximum Gasteiger partial charge on any atom is 0.243 e. The fourth-order valence-electron chi connectivity index (χ4n) is 2.10. The van der Waals surface area contributed by atoms with E-state index >= 15 is 0 Å². The van der Waals surface area contributed by atoms with Crippen molar-refractivity contribution in [3.8, 4) is 0 Å². The van der Waals surface area contributed by atoms with E-state index in [2.05, 4.69) is 21.2 Å². The molecule has 0 unspecified atom stereocenters. The molecule has 1 aromatic carbocycles. The summed E-state index contributed by atoms with van der Waals surface area (Å²) in [6.45, 7) is 4.50. The van der Waals surface area contributed by atoms with Gasteiger partial charge >= 0.3 is 0 Å². The Labute approximate surface area is 129 Å². The van der Waals surface area contributed by atoms with E-state index in [0.29, 0.717) is 24.4 Å². The number of sulfonamides is 1. The highest BCUT2D eigenvalue weighted by atomic mass is 79.9. The molecule has 4 nitrogen and oxygen atoms in total. The van der Waals surface area contributed by atoms with Crippen LogP contribution in [0.2, 0.25) is 0 Å². The third-order valence-corrected chi connectivity index (χ3v) is 5.59. The predicted molar refractivity (Wildman–Crippen MR) is 82.4 cm³/mol. The van der Waals surface area contributed by atoms with Gasteiger partial charge in [0.05, 0.1) is 4.90 Å². The van der Waals surface area contributed by atoms with Crippen LogP contribution in [0.3, 0.4) is 0 Å². The monoisotopic (exact) mass is 368 g/mol. The summed E-state index contributed by atoms with van der Waals surface area (Å²) in [5, 5.41) is 3.16. The first-order chi connectivity index (χ1) is 8.55. The Morgan fingerprint density at radius 2 is 1.95 bits per heavy atom. The highest BCUT2D eigenvalue weighted by Crippen LogP contribution is 2.24. The maximum absolute atomic E-state index is 12.6. The van der Waals surface area contributed by atoms with Crippen LogP contribution in [0.1, 0.15) is 12.5 Å². The first kappa shape index (κ1) is 16.9. The summed E-state index contributed by atoms with van der Waals surface area (Å²) >= 11 is 3.38. The highest BCUT2D eigenvalue weighted by Gasteiger charge is 2.27. The lowest BCUT2D eigenvalue weighted by atomic mass is 10.2. The number of hydrogen-bond acceptors (Lipinski definition) is 3. The fourth-order valence-corrected chi connectivity index (χ4v) is 4.22. The lowest BCUT2D eigenvalue weighted by Crippen LogP contribution is -2.46. The number of piperazine rings is 1. The van der Waals surface area contributed by atoms with E-state index < -0.39 is 10.0 Å². The molecule has 108 valence electrons. The predicted octanol–water partition coefficient (Wildman–Crippen LogP) is 2.03. The van der Waals surface area contributed by atoms with Gasteiger partial charge in [0, 0.05) is 30.7 Å². The molecular formula is C12H18BrClN2O2S. The Balaban J connectivity index is 0.00000180. The Morgan fingerprint density at radius 1 is 1.32 bits per heavy atom. The quantitative estimate of drug-likeness (QED) is 0.887. The number of nitrogens with one attached hydrogen (secondary N) is 1. The van der Waals surface area contributed by atoms with Crippen LogP contribution in [0.5, 0.6) is 0 Å². The van der Waals surface area contributed by atoms with Gasteiger partial charge in [0.15, 0.2) is 0 Å². The van der Waals surface area contributed by atoms with E-state index in [-0.39, 0.29) is 12.4 Å². The molecule has 1 aliphatic rings. The van der Waals surface area contributed by atoms with Gasteiger partial charge in [-0.2, -0.15) is 4.31 Å². The third-order valence-electron chi connectivity index (χ3n) is 3.10. The Hall–Kier alpha value is -0.140. The molecule has 0 spiro atoms. The largest absolute Gasteiger partial charge is 0.314 e. The summed E-state index contributed by atoms with van der Waals surface area (Å²) in [5.41, 5.74) is 0.864. The van der Waals surface area contributed by atoms with E-state index in [0.717, 1.165) is 23.1 Å². The molecule has 0 radical (unpaired) electrons. The number of aryl methyl sites for hydroxylation is 1. The molecule has 0 aromatic heterocycles. The van der Waals surface area contributed by atoms with Crippen molar-refractivity contribution < 1.29 is 8.42 Å². The molecule has 7 heteroatoms. The number of nitrogens with zero attached hydrogens (tertiary/aromatic N) is 1. The van der Waals surface area contributed by atoms with Crippen LogP contribution in [0, 0.1) is 0 Å².